The summed E-state index contributed by atoms with van der Waals surface area (Å²) in [6.45, 7) is 7.71. The first kappa shape index (κ1) is 12.9. The average molecular weight is 189 g/mol. The van der Waals surface area contributed by atoms with Gasteiger partial charge >= 0.3 is 0 Å². The Morgan fingerprint density at radius 3 is 2.69 bits per heavy atom. The fourth-order valence-electron chi connectivity index (χ4n) is 0.881. The van der Waals surface area contributed by atoms with Crippen molar-refractivity contribution in [1.29, 1.82) is 0 Å². The maximum Gasteiger partial charge on any atom is 0.0667 e. The van der Waals surface area contributed by atoms with Gasteiger partial charge in [0.2, 0.25) is 0 Å². The second-order valence-electron chi connectivity index (χ2n) is 3.22. The highest BCUT2D eigenvalue weighted by molar-refractivity contribution is 4.53. The molecule has 0 rings (SSSR count). The van der Waals surface area contributed by atoms with Crippen molar-refractivity contribution in [3.8, 4) is 0 Å². The van der Waals surface area contributed by atoms with E-state index in [-0.39, 0.29) is 6.10 Å². The first-order valence-corrected chi connectivity index (χ1v) is 5.12. The van der Waals surface area contributed by atoms with Crippen molar-refractivity contribution in [2.45, 2.75) is 32.8 Å². The zero-order chi connectivity index (χ0) is 9.94. The Morgan fingerprint density at radius 2 is 2.08 bits per heavy atom. The Hall–Kier alpha value is -0.120. The minimum absolute atomic E-state index is 0.288. The van der Waals surface area contributed by atoms with Crippen LogP contribution in [0.25, 0.3) is 0 Å². The van der Waals surface area contributed by atoms with Gasteiger partial charge in [0.05, 0.1) is 12.7 Å². The molecule has 0 radical (unpaired) electrons. The standard InChI is InChI=1S/C10H23NO2/c1-4-5-7-13-8-6-11-9-10(2)12-3/h10-11H,4-9H2,1-3H3. The van der Waals surface area contributed by atoms with Crippen LogP contribution >= 0.6 is 0 Å². The second-order valence-corrected chi connectivity index (χ2v) is 3.22. The third-order valence-electron chi connectivity index (χ3n) is 1.90. The number of hydrogen-bond acceptors (Lipinski definition) is 3. The van der Waals surface area contributed by atoms with Crippen LogP contribution in [0, 0.1) is 0 Å². The molecule has 0 spiro atoms. The highest BCUT2D eigenvalue weighted by Crippen LogP contribution is 1.87. The van der Waals surface area contributed by atoms with Crippen molar-refractivity contribution in [3.63, 3.8) is 0 Å². The van der Waals surface area contributed by atoms with Crippen LogP contribution in [0.15, 0.2) is 0 Å². The zero-order valence-electron chi connectivity index (χ0n) is 9.14. The predicted molar refractivity (Wildman–Crippen MR) is 55.1 cm³/mol. The molecule has 1 N–H and O–H groups in total. The van der Waals surface area contributed by atoms with Gasteiger partial charge in [0, 0.05) is 26.8 Å². The molecule has 1 atom stereocenters. The molecule has 0 aliphatic rings. The Labute approximate surface area is 81.8 Å². The van der Waals surface area contributed by atoms with Gasteiger partial charge in [-0.05, 0) is 13.3 Å². The van der Waals surface area contributed by atoms with Crippen LogP contribution in [0.1, 0.15) is 26.7 Å². The molecule has 80 valence electrons. The fourth-order valence-corrected chi connectivity index (χ4v) is 0.881. The van der Waals surface area contributed by atoms with E-state index in [2.05, 4.69) is 12.2 Å². The summed E-state index contributed by atoms with van der Waals surface area (Å²) in [4.78, 5) is 0. The monoisotopic (exact) mass is 189 g/mol. The number of ether oxygens (including phenoxy) is 2. The van der Waals surface area contributed by atoms with E-state index < -0.39 is 0 Å². The van der Waals surface area contributed by atoms with Crippen LogP contribution in [0.2, 0.25) is 0 Å². The normalized spacial score (nSPS) is 13.2. The van der Waals surface area contributed by atoms with E-state index >= 15 is 0 Å². The SMILES string of the molecule is CCCCOCCNCC(C)OC. The molecule has 0 aromatic rings. The third-order valence-corrected chi connectivity index (χ3v) is 1.90. The van der Waals surface area contributed by atoms with Crippen LogP contribution in [0.3, 0.4) is 0 Å². The van der Waals surface area contributed by atoms with Gasteiger partial charge in [0.25, 0.3) is 0 Å². The summed E-state index contributed by atoms with van der Waals surface area (Å²) in [6.07, 6.45) is 2.65. The van der Waals surface area contributed by atoms with Crippen LogP contribution in [0.4, 0.5) is 0 Å². The first-order valence-electron chi connectivity index (χ1n) is 5.12. The average Bonchev–Trinajstić information content (AvgIpc) is 2.16. The van der Waals surface area contributed by atoms with Gasteiger partial charge in [0.15, 0.2) is 0 Å². The molecular weight excluding hydrogens is 166 g/mol. The zero-order valence-corrected chi connectivity index (χ0v) is 9.14. The number of unbranched alkanes of at least 4 members (excludes halogenated alkanes) is 1. The summed E-state index contributed by atoms with van der Waals surface area (Å²) >= 11 is 0. The highest BCUT2D eigenvalue weighted by Gasteiger charge is 1.96. The maximum absolute atomic E-state index is 5.39. The summed E-state index contributed by atoms with van der Waals surface area (Å²) in [7, 11) is 1.73. The summed E-state index contributed by atoms with van der Waals surface area (Å²) in [6, 6.07) is 0. The number of methoxy groups -OCH3 is 1. The second kappa shape index (κ2) is 9.96. The van der Waals surface area contributed by atoms with Gasteiger partial charge in [0.1, 0.15) is 0 Å². The van der Waals surface area contributed by atoms with E-state index in [9.17, 15) is 0 Å². The quantitative estimate of drug-likeness (QED) is 0.557. The third kappa shape index (κ3) is 9.80. The van der Waals surface area contributed by atoms with Crippen molar-refractivity contribution in [2.75, 3.05) is 33.4 Å². The predicted octanol–water partition coefficient (Wildman–Crippen LogP) is 1.43. The molecule has 0 bridgehead atoms. The van der Waals surface area contributed by atoms with Gasteiger partial charge in [-0.3, -0.25) is 0 Å². The highest BCUT2D eigenvalue weighted by atomic mass is 16.5. The van der Waals surface area contributed by atoms with E-state index in [0.29, 0.717) is 0 Å². The largest absolute Gasteiger partial charge is 0.380 e. The lowest BCUT2D eigenvalue weighted by atomic mass is 10.4. The van der Waals surface area contributed by atoms with Gasteiger partial charge in [-0.15, -0.1) is 0 Å². The molecule has 0 heterocycles. The van der Waals surface area contributed by atoms with Crippen LogP contribution in [0.5, 0.6) is 0 Å². The van der Waals surface area contributed by atoms with Gasteiger partial charge in [-0.25, -0.2) is 0 Å². The Balaban J connectivity index is 2.91. The molecule has 13 heavy (non-hydrogen) atoms. The van der Waals surface area contributed by atoms with Crippen LogP contribution in [-0.4, -0.2) is 39.5 Å². The molecule has 0 aromatic carbocycles. The minimum Gasteiger partial charge on any atom is -0.380 e. The lowest BCUT2D eigenvalue weighted by Gasteiger charge is -2.10. The molecule has 0 aliphatic heterocycles. The van der Waals surface area contributed by atoms with E-state index in [1.54, 1.807) is 7.11 Å². The Kier molecular flexibility index (Phi) is 9.87. The maximum atomic E-state index is 5.39. The van der Waals surface area contributed by atoms with E-state index in [1.807, 2.05) is 6.92 Å². The molecule has 0 aromatic heterocycles. The molecular formula is C10H23NO2. The summed E-state index contributed by atoms with van der Waals surface area (Å²) in [5, 5.41) is 3.26. The summed E-state index contributed by atoms with van der Waals surface area (Å²) in [5.74, 6) is 0. The Morgan fingerprint density at radius 1 is 1.31 bits per heavy atom. The molecule has 0 saturated heterocycles. The molecule has 3 heteroatoms. The lowest BCUT2D eigenvalue weighted by molar-refractivity contribution is 0.106. The summed E-state index contributed by atoms with van der Waals surface area (Å²) < 4.78 is 10.5. The van der Waals surface area contributed by atoms with E-state index in [4.69, 9.17) is 9.47 Å². The minimum atomic E-state index is 0.288. The number of nitrogens with one attached hydrogen (secondary N) is 1. The molecule has 0 fully saturated rings. The van der Waals surface area contributed by atoms with Crippen LogP contribution in [-0.2, 0) is 9.47 Å². The van der Waals surface area contributed by atoms with E-state index in [1.165, 1.54) is 6.42 Å². The molecule has 1 unspecified atom stereocenters. The lowest BCUT2D eigenvalue weighted by Crippen LogP contribution is -2.28. The van der Waals surface area contributed by atoms with E-state index in [0.717, 1.165) is 32.7 Å². The topological polar surface area (TPSA) is 30.5 Å². The summed E-state index contributed by atoms with van der Waals surface area (Å²) in [5.41, 5.74) is 0. The molecule has 0 aliphatic carbocycles. The van der Waals surface area contributed by atoms with Crippen molar-refractivity contribution in [3.05, 3.63) is 0 Å². The fraction of sp³-hybridized carbons (Fsp3) is 1.00. The van der Waals surface area contributed by atoms with Crippen LogP contribution < -0.4 is 5.32 Å². The van der Waals surface area contributed by atoms with Crippen molar-refractivity contribution >= 4 is 0 Å². The van der Waals surface area contributed by atoms with Gasteiger partial charge < -0.3 is 14.8 Å². The van der Waals surface area contributed by atoms with Gasteiger partial charge in [-0.2, -0.15) is 0 Å². The van der Waals surface area contributed by atoms with Crippen molar-refractivity contribution in [2.24, 2.45) is 0 Å². The Bertz CT molecular complexity index is 98.9. The van der Waals surface area contributed by atoms with Crippen molar-refractivity contribution in [1.82, 2.24) is 5.32 Å². The first-order chi connectivity index (χ1) is 6.31. The molecule has 0 amide bonds. The number of hydrogen-bond donors (Lipinski definition) is 1. The van der Waals surface area contributed by atoms with Crippen molar-refractivity contribution < 1.29 is 9.47 Å². The number of rotatable bonds is 9. The molecule has 0 saturated carbocycles. The smallest absolute Gasteiger partial charge is 0.0667 e. The molecule has 3 nitrogen and oxygen atoms in total. The van der Waals surface area contributed by atoms with Gasteiger partial charge in [-0.1, -0.05) is 13.3 Å².